The van der Waals surface area contributed by atoms with E-state index in [1.807, 2.05) is 32.0 Å². The van der Waals surface area contributed by atoms with Gasteiger partial charge in [-0.25, -0.2) is 4.79 Å². The lowest BCUT2D eigenvalue weighted by atomic mass is 10.0. The second kappa shape index (κ2) is 8.93. The first-order valence-corrected chi connectivity index (χ1v) is 9.20. The molecule has 0 spiro atoms. The van der Waals surface area contributed by atoms with Crippen molar-refractivity contribution >= 4 is 23.6 Å². The molecule has 0 saturated carbocycles. The molecule has 6 nitrogen and oxygen atoms in total. The van der Waals surface area contributed by atoms with Crippen molar-refractivity contribution in [1.82, 2.24) is 0 Å². The van der Waals surface area contributed by atoms with Crippen LogP contribution in [0.3, 0.4) is 0 Å². The zero-order chi connectivity index (χ0) is 21.7. The van der Waals surface area contributed by atoms with Crippen LogP contribution in [0.5, 0.6) is 0 Å². The van der Waals surface area contributed by atoms with Gasteiger partial charge in [0.15, 0.2) is 0 Å². The molecule has 1 aromatic heterocycles. The fourth-order valence-corrected chi connectivity index (χ4v) is 2.89. The average Bonchev–Trinajstić information content (AvgIpc) is 3.21. The van der Waals surface area contributed by atoms with Crippen molar-refractivity contribution in [3.8, 4) is 17.4 Å². The molecule has 0 radical (unpaired) electrons. The minimum absolute atomic E-state index is 0.0748. The number of carbonyl (C=O) groups excluding carboxylic acids is 2. The number of nitriles is 1. The van der Waals surface area contributed by atoms with Gasteiger partial charge in [-0.3, -0.25) is 4.79 Å². The van der Waals surface area contributed by atoms with Crippen molar-refractivity contribution in [3.05, 3.63) is 82.6 Å². The second-order valence-electron chi connectivity index (χ2n) is 6.71. The van der Waals surface area contributed by atoms with Crippen LogP contribution >= 0.6 is 0 Å². The molecule has 1 amide bonds. The van der Waals surface area contributed by atoms with Crippen LogP contribution < -0.4 is 5.32 Å². The van der Waals surface area contributed by atoms with E-state index in [0.29, 0.717) is 22.8 Å². The largest absolute Gasteiger partial charge is 0.465 e. The Kier molecular flexibility index (Phi) is 6.14. The number of benzene rings is 2. The second-order valence-corrected chi connectivity index (χ2v) is 6.71. The van der Waals surface area contributed by atoms with Gasteiger partial charge < -0.3 is 14.5 Å². The first kappa shape index (κ1) is 20.6. The molecule has 0 unspecified atom stereocenters. The van der Waals surface area contributed by atoms with Crippen LogP contribution in [0.4, 0.5) is 5.69 Å². The Morgan fingerprint density at radius 1 is 1.07 bits per heavy atom. The van der Waals surface area contributed by atoms with Gasteiger partial charge in [-0.1, -0.05) is 23.8 Å². The van der Waals surface area contributed by atoms with Crippen LogP contribution in [0.25, 0.3) is 17.4 Å². The van der Waals surface area contributed by atoms with Crippen molar-refractivity contribution < 1.29 is 18.7 Å². The lowest BCUT2D eigenvalue weighted by Gasteiger charge is -2.05. The molecule has 0 atom stereocenters. The average molecular weight is 400 g/mol. The molecule has 3 rings (SSSR count). The summed E-state index contributed by atoms with van der Waals surface area (Å²) in [6.45, 7) is 3.81. The van der Waals surface area contributed by atoms with Crippen molar-refractivity contribution in [2.45, 2.75) is 13.8 Å². The fourth-order valence-electron chi connectivity index (χ4n) is 2.89. The van der Waals surface area contributed by atoms with E-state index in [2.05, 4.69) is 5.32 Å². The summed E-state index contributed by atoms with van der Waals surface area (Å²) in [7, 11) is 1.33. The van der Waals surface area contributed by atoms with Crippen LogP contribution in [0, 0.1) is 25.2 Å². The molecule has 30 heavy (non-hydrogen) atoms. The molecule has 150 valence electrons. The molecule has 2 aromatic carbocycles. The van der Waals surface area contributed by atoms with E-state index in [-0.39, 0.29) is 5.57 Å². The highest BCUT2D eigenvalue weighted by Gasteiger charge is 2.13. The number of hydrogen-bond acceptors (Lipinski definition) is 5. The number of nitrogens with zero attached hydrogens (tertiary/aromatic N) is 1. The third-order valence-electron chi connectivity index (χ3n) is 4.50. The molecule has 3 aromatic rings. The highest BCUT2D eigenvalue weighted by Crippen LogP contribution is 2.27. The number of carbonyl (C=O) groups is 2. The Balaban J connectivity index is 1.81. The molecule has 0 bridgehead atoms. The SMILES string of the molecule is COC(=O)c1ccc(-c2ccc(C=C(C#N)C(=O)Nc3ccc(C)cc3)o2)c(C)c1. The maximum Gasteiger partial charge on any atom is 0.337 e. The van der Waals surface area contributed by atoms with E-state index in [4.69, 9.17) is 9.15 Å². The minimum atomic E-state index is -0.516. The molecule has 6 heteroatoms. The highest BCUT2D eigenvalue weighted by molar-refractivity contribution is 6.09. The topological polar surface area (TPSA) is 92.3 Å². The molecule has 0 aliphatic rings. The van der Waals surface area contributed by atoms with Gasteiger partial charge in [0.25, 0.3) is 5.91 Å². The maximum absolute atomic E-state index is 12.4. The molecule has 0 aliphatic heterocycles. The summed E-state index contributed by atoms with van der Waals surface area (Å²) in [5, 5.41) is 12.1. The van der Waals surface area contributed by atoms with Crippen LogP contribution in [-0.4, -0.2) is 19.0 Å². The number of ether oxygens (including phenoxy) is 1. The summed E-state index contributed by atoms with van der Waals surface area (Å²) in [6.07, 6.45) is 1.39. The third kappa shape index (κ3) is 4.65. The monoisotopic (exact) mass is 400 g/mol. The predicted molar refractivity (Wildman–Crippen MR) is 114 cm³/mol. The number of methoxy groups -OCH3 is 1. The molecule has 0 aliphatic carbocycles. The Morgan fingerprint density at radius 2 is 1.80 bits per heavy atom. The fraction of sp³-hybridized carbons (Fsp3) is 0.125. The number of amides is 1. The first-order valence-electron chi connectivity index (χ1n) is 9.20. The van der Waals surface area contributed by atoms with Gasteiger partial charge in [-0.15, -0.1) is 0 Å². The number of aryl methyl sites for hydroxylation is 2. The van der Waals surface area contributed by atoms with Crippen molar-refractivity contribution in [2.75, 3.05) is 12.4 Å². The summed E-state index contributed by atoms with van der Waals surface area (Å²) in [5.41, 5.74) is 3.68. The van der Waals surface area contributed by atoms with E-state index < -0.39 is 11.9 Å². The van der Waals surface area contributed by atoms with Gasteiger partial charge in [0.05, 0.1) is 12.7 Å². The Hall–Kier alpha value is -4.11. The van der Waals surface area contributed by atoms with Gasteiger partial charge in [0.1, 0.15) is 23.2 Å². The van der Waals surface area contributed by atoms with Gasteiger partial charge in [-0.05, 0) is 55.8 Å². The standard InChI is InChI=1S/C24H20N2O4/c1-15-4-7-19(8-5-15)26-23(27)18(14-25)13-20-9-11-22(30-20)21-10-6-17(12-16(21)2)24(28)29-3/h4-13H,1-3H3,(H,26,27). The summed E-state index contributed by atoms with van der Waals surface area (Å²) in [4.78, 5) is 24.1. The zero-order valence-electron chi connectivity index (χ0n) is 16.9. The van der Waals surface area contributed by atoms with Crippen LogP contribution in [-0.2, 0) is 9.53 Å². The van der Waals surface area contributed by atoms with Crippen LogP contribution in [0.1, 0.15) is 27.2 Å². The number of esters is 1. The lowest BCUT2D eigenvalue weighted by Crippen LogP contribution is -2.13. The highest BCUT2D eigenvalue weighted by atomic mass is 16.5. The van der Waals surface area contributed by atoms with E-state index in [9.17, 15) is 14.9 Å². The zero-order valence-corrected chi connectivity index (χ0v) is 16.9. The maximum atomic E-state index is 12.4. The molecular weight excluding hydrogens is 380 g/mol. The Morgan fingerprint density at radius 3 is 2.43 bits per heavy atom. The normalized spacial score (nSPS) is 10.9. The molecule has 0 fully saturated rings. The van der Waals surface area contributed by atoms with Gasteiger partial charge in [0, 0.05) is 17.3 Å². The summed E-state index contributed by atoms with van der Waals surface area (Å²) < 4.78 is 10.5. The van der Waals surface area contributed by atoms with Crippen molar-refractivity contribution in [3.63, 3.8) is 0 Å². The number of rotatable bonds is 5. The van der Waals surface area contributed by atoms with Crippen LogP contribution in [0.2, 0.25) is 0 Å². The van der Waals surface area contributed by atoms with Crippen LogP contribution in [0.15, 0.2) is 64.6 Å². The van der Waals surface area contributed by atoms with E-state index in [1.165, 1.54) is 13.2 Å². The lowest BCUT2D eigenvalue weighted by molar-refractivity contribution is -0.112. The van der Waals surface area contributed by atoms with E-state index >= 15 is 0 Å². The first-order chi connectivity index (χ1) is 14.4. The smallest absolute Gasteiger partial charge is 0.337 e. The van der Waals surface area contributed by atoms with Gasteiger partial charge in [0.2, 0.25) is 0 Å². The van der Waals surface area contributed by atoms with Gasteiger partial charge in [-0.2, -0.15) is 5.26 Å². The number of hydrogen-bond donors (Lipinski definition) is 1. The molecule has 0 saturated heterocycles. The number of anilines is 1. The molecule has 1 N–H and O–H groups in total. The minimum Gasteiger partial charge on any atom is -0.465 e. The van der Waals surface area contributed by atoms with E-state index in [0.717, 1.165) is 16.7 Å². The Labute approximate surface area is 174 Å². The predicted octanol–water partition coefficient (Wildman–Crippen LogP) is 4.90. The number of furan rings is 1. The summed E-state index contributed by atoms with van der Waals surface area (Å²) >= 11 is 0. The Bertz CT molecular complexity index is 1160. The summed E-state index contributed by atoms with van der Waals surface area (Å²) in [6, 6.07) is 17.8. The summed E-state index contributed by atoms with van der Waals surface area (Å²) in [5.74, 6) is 0.00679. The molecule has 1 heterocycles. The quantitative estimate of drug-likeness (QED) is 0.374. The van der Waals surface area contributed by atoms with Crippen molar-refractivity contribution in [2.24, 2.45) is 0 Å². The van der Waals surface area contributed by atoms with Crippen molar-refractivity contribution in [1.29, 1.82) is 5.26 Å². The third-order valence-corrected chi connectivity index (χ3v) is 4.50. The molecular formula is C24H20N2O4. The number of nitrogens with one attached hydrogen (secondary N) is 1. The van der Waals surface area contributed by atoms with E-state index in [1.54, 1.807) is 42.5 Å². The van der Waals surface area contributed by atoms with Gasteiger partial charge >= 0.3 is 5.97 Å².